The van der Waals surface area contributed by atoms with Crippen LogP contribution < -0.4 is 14.4 Å². The summed E-state index contributed by atoms with van der Waals surface area (Å²) in [5.74, 6) is 1.98. The lowest BCUT2D eigenvalue weighted by molar-refractivity contribution is 0.0957. The number of hydrogen-bond donors (Lipinski definition) is 0. The molecule has 162 valence electrons. The number of piperidine rings is 1. The number of rotatable bonds is 7. The second-order valence-corrected chi connectivity index (χ2v) is 8.51. The van der Waals surface area contributed by atoms with E-state index in [0.29, 0.717) is 17.4 Å². The first-order valence-electron chi connectivity index (χ1n) is 10.8. The summed E-state index contributed by atoms with van der Waals surface area (Å²) in [7, 11) is 3.25. The Morgan fingerprint density at radius 3 is 2.37 bits per heavy atom. The van der Waals surface area contributed by atoms with Crippen molar-refractivity contribution in [1.82, 2.24) is 4.90 Å². The summed E-state index contributed by atoms with van der Waals surface area (Å²) in [5, 5.41) is 0. The Bertz CT molecular complexity index is 857. The Morgan fingerprint density at radius 1 is 1.07 bits per heavy atom. The smallest absolute Gasteiger partial charge is 0.258 e. The first-order chi connectivity index (χ1) is 14.4. The highest BCUT2D eigenvalue weighted by molar-refractivity contribution is 6.06. The van der Waals surface area contributed by atoms with Gasteiger partial charge < -0.3 is 19.3 Å². The number of hydrogen-bond acceptors (Lipinski definition) is 4. The summed E-state index contributed by atoms with van der Waals surface area (Å²) in [4.78, 5) is 18.1. The fourth-order valence-electron chi connectivity index (χ4n) is 4.26. The van der Waals surface area contributed by atoms with E-state index in [9.17, 15) is 4.79 Å². The highest BCUT2D eigenvalue weighted by atomic mass is 16.5. The van der Waals surface area contributed by atoms with Gasteiger partial charge in [-0.3, -0.25) is 4.79 Å². The number of carbonyl (C=O) groups is 1. The van der Waals surface area contributed by atoms with Gasteiger partial charge in [0, 0.05) is 43.0 Å². The third kappa shape index (κ3) is 5.14. The average molecular weight is 411 g/mol. The van der Waals surface area contributed by atoms with Gasteiger partial charge in [-0.2, -0.15) is 0 Å². The van der Waals surface area contributed by atoms with Crippen LogP contribution in [-0.4, -0.2) is 50.7 Å². The van der Waals surface area contributed by atoms with E-state index in [4.69, 9.17) is 9.47 Å². The molecule has 5 heteroatoms. The zero-order valence-electron chi connectivity index (χ0n) is 18.9. The summed E-state index contributed by atoms with van der Waals surface area (Å²) in [6.45, 7) is 9.64. The van der Waals surface area contributed by atoms with Gasteiger partial charge in [-0.1, -0.05) is 31.5 Å². The highest BCUT2D eigenvalue weighted by Crippen LogP contribution is 2.34. The van der Waals surface area contributed by atoms with Gasteiger partial charge in [-0.05, 0) is 49.9 Å². The van der Waals surface area contributed by atoms with Crippen molar-refractivity contribution in [2.75, 3.05) is 38.8 Å². The molecule has 0 aliphatic carbocycles. The molecule has 0 radical (unpaired) electrons. The molecule has 2 aromatic rings. The molecule has 1 saturated heterocycles. The summed E-state index contributed by atoms with van der Waals surface area (Å²) in [6.07, 6.45) is 1.91. The van der Waals surface area contributed by atoms with Gasteiger partial charge in [-0.25, -0.2) is 0 Å². The van der Waals surface area contributed by atoms with E-state index in [1.54, 1.807) is 14.2 Å². The van der Waals surface area contributed by atoms with Crippen LogP contribution in [0.5, 0.6) is 11.5 Å². The van der Waals surface area contributed by atoms with Crippen molar-refractivity contribution < 1.29 is 14.3 Å². The van der Waals surface area contributed by atoms with Crippen LogP contribution >= 0.6 is 0 Å². The molecule has 0 spiro atoms. The Labute approximate surface area is 180 Å². The molecule has 1 fully saturated rings. The Morgan fingerprint density at radius 2 is 1.77 bits per heavy atom. The van der Waals surface area contributed by atoms with Gasteiger partial charge in [0.1, 0.15) is 0 Å². The molecule has 1 heterocycles. The lowest BCUT2D eigenvalue weighted by Crippen LogP contribution is -2.48. The van der Waals surface area contributed by atoms with Crippen molar-refractivity contribution >= 4 is 11.6 Å². The van der Waals surface area contributed by atoms with Gasteiger partial charge in [0.25, 0.3) is 5.91 Å². The van der Waals surface area contributed by atoms with E-state index in [-0.39, 0.29) is 11.9 Å². The molecule has 0 unspecified atom stereocenters. The molecule has 1 amide bonds. The molecule has 2 aromatic carbocycles. The van der Waals surface area contributed by atoms with Crippen molar-refractivity contribution in [2.45, 2.75) is 39.7 Å². The first kappa shape index (κ1) is 22.2. The zero-order chi connectivity index (χ0) is 21.7. The monoisotopic (exact) mass is 410 g/mol. The molecule has 5 nitrogen and oxygen atoms in total. The fraction of sp³-hybridized carbons (Fsp3) is 0.480. The van der Waals surface area contributed by atoms with Crippen molar-refractivity contribution in [2.24, 2.45) is 5.92 Å². The summed E-state index contributed by atoms with van der Waals surface area (Å²) in [5.41, 5.74) is 2.65. The second kappa shape index (κ2) is 9.98. The van der Waals surface area contributed by atoms with Gasteiger partial charge >= 0.3 is 0 Å². The van der Waals surface area contributed by atoms with Crippen LogP contribution in [0.2, 0.25) is 0 Å². The van der Waals surface area contributed by atoms with Crippen LogP contribution in [0.3, 0.4) is 0 Å². The first-order valence-corrected chi connectivity index (χ1v) is 10.8. The predicted molar refractivity (Wildman–Crippen MR) is 122 cm³/mol. The Balaban J connectivity index is 1.92. The maximum absolute atomic E-state index is 13.7. The number of anilines is 1. The number of amides is 1. The minimum absolute atomic E-state index is 0.0354. The van der Waals surface area contributed by atoms with Gasteiger partial charge in [0.2, 0.25) is 0 Å². The van der Waals surface area contributed by atoms with Crippen molar-refractivity contribution in [3.8, 4) is 11.5 Å². The van der Waals surface area contributed by atoms with E-state index >= 15 is 0 Å². The molecule has 1 aliphatic heterocycles. The number of benzene rings is 2. The highest BCUT2D eigenvalue weighted by Gasteiger charge is 2.30. The fourth-order valence-corrected chi connectivity index (χ4v) is 4.26. The van der Waals surface area contributed by atoms with E-state index < -0.39 is 0 Å². The SMILES string of the molecule is COc1ccc(N(C(=O)c2cccc(C)c2)C2CCN(CC(C)C)CC2)cc1OC. The van der Waals surface area contributed by atoms with Crippen molar-refractivity contribution in [3.63, 3.8) is 0 Å². The van der Waals surface area contributed by atoms with Crippen LogP contribution in [-0.2, 0) is 0 Å². The molecular formula is C25H34N2O3. The van der Waals surface area contributed by atoms with Gasteiger partial charge in [-0.15, -0.1) is 0 Å². The molecule has 30 heavy (non-hydrogen) atoms. The predicted octanol–water partition coefficient (Wildman–Crippen LogP) is 4.78. The number of methoxy groups -OCH3 is 2. The maximum Gasteiger partial charge on any atom is 0.258 e. The van der Waals surface area contributed by atoms with Crippen LogP contribution in [0.25, 0.3) is 0 Å². The molecule has 1 aliphatic rings. The van der Waals surface area contributed by atoms with Crippen molar-refractivity contribution in [1.29, 1.82) is 0 Å². The molecule has 0 aromatic heterocycles. The lowest BCUT2D eigenvalue weighted by Gasteiger charge is -2.39. The standard InChI is InChI=1S/C25H34N2O3/c1-18(2)17-26-13-11-21(12-14-26)27(25(28)20-8-6-7-19(3)15-20)22-9-10-23(29-4)24(16-22)30-5/h6-10,15-16,18,21H,11-14,17H2,1-5H3. The van der Waals surface area contributed by atoms with Gasteiger partial charge in [0.15, 0.2) is 11.5 Å². The minimum atomic E-state index is 0.0354. The second-order valence-electron chi connectivity index (χ2n) is 8.51. The summed E-state index contributed by atoms with van der Waals surface area (Å²) >= 11 is 0. The van der Waals surface area contributed by atoms with Crippen LogP contribution in [0.1, 0.15) is 42.6 Å². The quantitative estimate of drug-likeness (QED) is 0.659. The number of aryl methyl sites for hydroxylation is 1. The molecule has 0 atom stereocenters. The normalized spacial score (nSPS) is 15.3. The number of ether oxygens (including phenoxy) is 2. The third-order valence-corrected chi connectivity index (χ3v) is 5.67. The molecule has 0 saturated carbocycles. The van der Waals surface area contributed by atoms with Crippen LogP contribution in [0.15, 0.2) is 42.5 Å². The third-order valence-electron chi connectivity index (χ3n) is 5.67. The van der Waals surface area contributed by atoms with Crippen molar-refractivity contribution in [3.05, 3.63) is 53.6 Å². The average Bonchev–Trinajstić information content (AvgIpc) is 2.74. The lowest BCUT2D eigenvalue weighted by atomic mass is 9.99. The van der Waals surface area contributed by atoms with E-state index in [0.717, 1.165) is 49.3 Å². The molecule has 0 bridgehead atoms. The molecule has 3 rings (SSSR count). The Hall–Kier alpha value is -2.53. The zero-order valence-corrected chi connectivity index (χ0v) is 18.9. The number of carbonyl (C=O) groups excluding carboxylic acids is 1. The topological polar surface area (TPSA) is 42.0 Å². The minimum Gasteiger partial charge on any atom is -0.493 e. The van der Waals surface area contributed by atoms with Gasteiger partial charge in [0.05, 0.1) is 14.2 Å². The van der Waals surface area contributed by atoms with Crippen LogP contribution in [0.4, 0.5) is 5.69 Å². The van der Waals surface area contributed by atoms with Crippen LogP contribution in [0, 0.1) is 12.8 Å². The Kier molecular flexibility index (Phi) is 7.38. The summed E-state index contributed by atoms with van der Waals surface area (Å²) < 4.78 is 10.9. The number of likely N-dealkylation sites (tertiary alicyclic amines) is 1. The summed E-state index contributed by atoms with van der Waals surface area (Å²) in [6, 6.07) is 13.7. The molecule has 0 N–H and O–H groups in total. The number of nitrogens with zero attached hydrogens (tertiary/aromatic N) is 2. The van der Waals surface area contributed by atoms with E-state index in [1.165, 1.54) is 0 Å². The largest absolute Gasteiger partial charge is 0.493 e. The van der Waals surface area contributed by atoms with E-state index in [2.05, 4.69) is 18.7 Å². The molecular weight excluding hydrogens is 376 g/mol. The maximum atomic E-state index is 13.7. The van der Waals surface area contributed by atoms with E-state index in [1.807, 2.05) is 54.3 Å².